The van der Waals surface area contributed by atoms with E-state index in [0.29, 0.717) is 29.1 Å². The zero-order chi connectivity index (χ0) is 20.6. The molecule has 0 heterocycles. The van der Waals surface area contributed by atoms with E-state index in [4.69, 9.17) is 4.74 Å². The predicted octanol–water partition coefficient (Wildman–Crippen LogP) is 4.66. The van der Waals surface area contributed by atoms with E-state index in [0.717, 1.165) is 5.56 Å². The molecule has 0 aliphatic heterocycles. The molecule has 148 valence electrons. The minimum absolute atomic E-state index is 0.0360. The summed E-state index contributed by atoms with van der Waals surface area (Å²) >= 11 is 0. The average Bonchev–Trinajstić information content (AvgIpc) is 2.73. The van der Waals surface area contributed by atoms with Gasteiger partial charge in [-0.1, -0.05) is 36.4 Å². The zero-order valence-electron chi connectivity index (χ0n) is 16.5. The quantitative estimate of drug-likeness (QED) is 0.619. The highest BCUT2D eigenvalue weighted by molar-refractivity contribution is 6.04. The molecule has 0 fully saturated rings. The Hall–Kier alpha value is -3.60. The topological polar surface area (TPSA) is 67.4 Å². The maximum Gasteiger partial charge on any atom is 0.255 e. The molecule has 2 amide bonds. The molecule has 0 unspecified atom stereocenters. The molecular weight excluding hydrogens is 364 g/mol. The van der Waals surface area contributed by atoms with Gasteiger partial charge in [-0.2, -0.15) is 0 Å². The fraction of sp³-hybridized carbons (Fsp3) is 0.167. The number of carbonyl (C=O) groups is 2. The van der Waals surface area contributed by atoms with E-state index in [1.54, 1.807) is 42.5 Å². The Labute approximate surface area is 170 Å². The van der Waals surface area contributed by atoms with Crippen molar-refractivity contribution < 1.29 is 14.3 Å². The summed E-state index contributed by atoms with van der Waals surface area (Å²) in [5.41, 5.74) is 2.69. The predicted molar refractivity (Wildman–Crippen MR) is 114 cm³/mol. The molecule has 2 N–H and O–H groups in total. The molecule has 3 rings (SSSR count). The van der Waals surface area contributed by atoms with Crippen LogP contribution < -0.4 is 15.4 Å². The molecule has 0 saturated carbocycles. The van der Waals surface area contributed by atoms with Gasteiger partial charge in [-0.15, -0.1) is 0 Å². The minimum Gasteiger partial charge on any atom is -0.491 e. The van der Waals surface area contributed by atoms with Gasteiger partial charge in [0, 0.05) is 23.4 Å². The second-order valence-electron chi connectivity index (χ2n) is 6.89. The van der Waals surface area contributed by atoms with Crippen molar-refractivity contribution in [2.75, 3.05) is 5.32 Å². The summed E-state index contributed by atoms with van der Waals surface area (Å²) in [7, 11) is 0. The fourth-order valence-corrected chi connectivity index (χ4v) is 2.77. The van der Waals surface area contributed by atoms with Crippen molar-refractivity contribution in [1.82, 2.24) is 5.32 Å². The summed E-state index contributed by atoms with van der Waals surface area (Å²) in [6.45, 7) is 4.33. The van der Waals surface area contributed by atoms with Crippen LogP contribution in [0.1, 0.15) is 40.1 Å². The third-order valence-electron chi connectivity index (χ3n) is 4.17. The van der Waals surface area contributed by atoms with Crippen LogP contribution in [0, 0.1) is 0 Å². The molecule has 0 aliphatic carbocycles. The molecule has 0 bridgehead atoms. The lowest BCUT2D eigenvalue weighted by atomic mass is 10.1. The number of nitrogens with one attached hydrogen (secondary N) is 2. The van der Waals surface area contributed by atoms with Gasteiger partial charge < -0.3 is 15.4 Å². The molecule has 0 aliphatic rings. The molecule has 0 radical (unpaired) electrons. The Kier molecular flexibility index (Phi) is 6.63. The van der Waals surface area contributed by atoms with Gasteiger partial charge in [0.05, 0.1) is 6.10 Å². The molecule has 29 heavy (non-hydrogen) atoms. The lowest BCUT2D eigenvalue weighted by molar-refractivity contribution is 0.0950. The summed E-state index contributed by atoms with van der Waals surface area (Å²) in [6.07, 6.45) is 0.0360. The fourth-order valence-electron chi connectivity index (χ4n) is 2.77. The zero-order valence-corrected chi connectivity index (χ0v) is 16.5. The van der Waals surface area contributed by atoms with Crippen LogP contribution in [0.3, 0.4) is 0 Å². The van der Waals surface area contributed by atoms with Crippen LogP contribution >= 0.6 is 0 Å². The van der Waals surface area contributed by atoms with Crippen LogP contribution in [0.5, 0.6) is 5.75 Å². The number of rotatable bonds is 7. The average molecular weight is 388 g/mol. The van der Waals surface area contributed by atoms with Crippen LogP contribution in [-0.2, 0) is 6.54 Å². The van der Waals surface area contributed by atoms with Gasteiger partial charge in [-0.3, -0.25) is 9.59 Å². The summed E-state index contributed by atoms with van der Waals surface area (Å²) < 4.78 is 5.63. The Bertz CT molecular complexity index is 967. The first-order valence-corrected chi connectivity index (χ1v) is 9.51. The van der Waals surface area contributed by atoms with Gasteiger partial charge in [0.1, 0.15) is 5.75 Å². The maximum atomic E-state index is 12.5. The Morgan fingerprint density at radius 3 is 2.24 bits per heavy atom. The van der Waals surface area contributed by atoms with Crippen molar-refractivity contribution in [3.05, 3.63) is 95.6 Å². The van der Waals surface area contributed by atoms with Crippen molar-refractivity contribution in [3.8, 4) is 5.75 Å². The van der Waals surface area contributed by atoms with Gasteiger partial charge in [0.25, 0.3) is 11.8 Å². The molecule has 5 nitrogen and oxygen atoms in total. The van der Waals surface area contributed by atoms with Crippen LogP contribution in [0.4, 0.5) is 5.69 Å². The number of benzene rings is 3. The van der Waals surface area contributed by atoms with Gasteiger partial charge in [-0.25, -0.2) is 0 Å². The number of carbonyl (C=O) groups excluding carboxylic acids is 2. The third kappa shape index (κ3) is 5.94. The summed E-state index contributed by atoms with van der Waals surface area (Å²) in [6, 6.07) is 23.6. The van der Waals surface area contributed by atoms with Crippen LogP contribution in [0.15, 0.2) is 78.9 Å². The van der Waals surface area contributed by atoms with Gasteiger partial charge in [0.15, 0.2) is 0 Å². The molecule has 0 saturated heterocycles. The first kappa shape index (κ1) is 20.1. The number of ether oxygens (including phenoxy) is 1. The molecule has 3 aromatic rings. The number of anilines is 1. The maximum absolute atomic E-state index is 12.5. The molecule has 5 heteroatoms. The van der Waals surface area contributed by atoms with Crippen molar-refractivity contribution in [3.63, 3.8) is 0 Å². The summed E-state index contributed by atoms with van der Waals surface area (Å²) in [5, 5.41) is 5.72. The Balaban J connectivity index is 1.58. The van der Waals surface area contributed by atoms with E-state index >= 15 is 0 Å². The largest absolute Gasteiger partial charge is 0.491 e. The highest BCUT2D eigenvalue weighted by atomic mass is 16.5. The highest BCUT2D eigenvalue weighted by Gasteiger charge is 2.10. The molecular formula is C24H24N2O3. The second kappa shape index (κ2) is 9.55. The monoisotopic (exact) mass is 388 g/mol. The number of hydrogen-bond acceptors (Lipinski definition) is 3. The Morgan fingerprint density at radius 2 is 1.55 bits per heavy atom. The lowest BCUT2D eigenvalue weighted by Crippen LogP contribution is -2.22. The molecule has 0 spiro atoms. The van der Waals surface area contributed by atoms with Crippen molar-refractivity contribution in [2.24, 2.45) is 0 Å². The van der Waals surface area contributed by atoms with Crippen molar-refractivity contribution in [2.45, 2.75) is 26.5 Å². The highest BCUT2D eigenvalue weighted by Crippen LogP contribution is 2.17. The van der Waals surface area contributed by atoms with E-state index in [-0.39, 0.29) is 17.9 Å². The summed E-state index contributed by atoms with van der Waals surface area (Å²) in [5.74, 6) is 0.254. The van der Waals surface area contributed by atoms with Crippen LogP contribution in [-0.4, -0.2) is 17.9 Å². The van der Waals surface area contributed by atoms with Gasteiger partial charge in [0.2, 0.25) is 0 Å². The summed E-state index contributed by atoms with van der Waals surface area (Å²) in [4.78, 5) is 24.8. The van der Waals surface area contributed by atoms with Crippen LogP contribution in [0.25, 0.3) is 0 Å². The van der Waals surface area contributed by atoms with E-state index < -0.39 is 0 Å². The number of hydrogen-bond donors (Lipinski definition) is 2. The first-order chi connectivity index (χ1) is 14.0. The molecule has 3 aromatic carbocycles. The first-order valence-electron chi connectivity index (χ1n) is 9.51. The van der Waals surface area contributed by atoms with E-state index in [1.807, 2.05) is 50.2 Å². The van der Waals surface area contributed by atoms with Crippen LogP contribution in [0.2, 0.25) is 0 Å². The minimum atomic E-state index is -0.236. The van der Waals surface area contributed by atoms with Crippen molar-refractivity contribution >= 4 is 17.5 Å². The number of amides is 2. The van der Waals surface area contributed by atoms with E-state index in [2.05, 4.69) is 10.6 Å². The molecule has 0 aromatic heterocycles. The van der Waals surface area contributed by atoms with E-state index in [1.165, 1.54) is 0 Å². The smallest absolute Gasteiger partial charge is 0.255 e. The standard InChI is InChI=1S/C24H24N2O3/c1-17(2)29-22-10-6-9-20(15-22)24(28)26-21-13-11-19(12-14-21)23(27)25-16-18-7-4-3-5-8-18/h3-15,17H,16H2,1-2H3,(H,25,27)(H,26,28). The van der Waals surface area contributed by atoms with Gasteiger partial charge >= 0.3 is 0 Å². The third-order valence-corrected chi connectivity index (χ3v) is 4.17. The van der Waals surface area contributed by atoms with Crippen molar-refractivity contribution in [1.29, 1.82) is 0 Å². The van der Waals surface area contributed by atoms with E-state index in [9.17, 15) is 9.59 Å². The van der Waals surface area contributed by atoms with Gasteiger partial charge in [-0.05, 0) is 61.9 Å². The lowest BCUT2D eigenvalue weighted by Gasteiger charge is -2.11. The SMILES string of the molecule is CC(C)Oc1cccc(C(=O)Nc2ccc(C(=O)NCc3ccccc3)cc2)c1. The molecule has 0 atom stereocenters. The normalized spacial score (nSPS) is 10.4. The second-order valence-corrected chi connectivity index (χ2v) is 6.89. The Morgan fingerprint density at radius 1 is 0.828 bits per heavy atom.